The Labute approximate surface area is 176 Å². The number of anilines is 1. The third kappa shape index (κ3) is 2.44. The Hall–Kier alpha value is -4.07. The number of ketones is 1. The summed E-state index contributed by atoms with van der Waals surface area (Å²) < 4.78 is 7.53. The van der Waals surface area contributed by atoms with E-state index < -0.39 is 17.2 Å². The predicted molar refractivity (Wildman–Crippen MR) is 115 cm³/mol. The van der Waals surface area contributed by atoms with Crippen LogP contribution in [-0.4, -0.2) is 27.1 Å². The SMILES string of the molecule is COc1ccc([C@H]2C3=C(Nc4c2c(=O)n(C)c(=O)n4C)c2ccccc2C3=O)cc1O. The van der Waals surface area contributed by atoms with E-state index in [0.717, 1.165) is 4.57 Å². The molecular weight excluding hydrogens is 398 g/mol. The lowest BCUT2D eigenvalue weighted by Gasteiger charge is -2.29. The van der Waals surface area contributed by atoms with Crippen LogP contribution in [0.3, 0.4) is 0 Å². The van der Waals surface area contributed by atoms with E-state index in [0.29, 0.717) is 33.8 Å². The molecule has 8 heteroatoms. The van der Waals surface area contributed by atoms with E-state index in [1.54, 1.807) is 31.3 Å². The van der Waals surface area contributed by atoms with Crippen LogP contribution in [0.25, 0.3) is 5.70 Å². The van der Waals surface area contributed by atoms with Gasteiger partial charge in [-0.05, 0) is 17.7 Å². The van der Waals surface area contributed by atoms with Gasteiger partial charge >= 0.3 is 5.69 Å². The number of hydrogen-bond acceptors (Lipinski definition) is 6. The molecule has 156 valence electrons. The number of hydrogen-bond donors (Lipinski definition) is 2. The van der Waals surface area contributed by atoms with Gasteiger partial charge in [0.05, 0.1) is 18.4 Å². The standard InChI is InChI=1S/C23H19N3O5/c1-25-21-18(22(29)26(2)23(25)30)16(11-8-9-15(31-3)14(27)10-11)17-19(24-21)12-6-4-5-7-13(12)20(17)28/h4-10,16,24,27H,1-3H3/t16-/m0/s1. The molecular formula is C23H19N3O5. The average Bonchev–Trinajstić information content (AvgIpc) is 3.07. The number of carbonyl (C=O) groups is 1. The van der Waals surface area contributed by atoms with Gasteiger partial charge in [0.25, 0.3) is 5.56 Å². The smallest absolute Gasteiger partial charge is 0.332 e. The normalized spacial score (nSPS) is 16.5. The zero-order valence-electron chi connectivity index (χ0n) is 17.1. The molecule has 5 rings (SSSR count). The Morgan fingerprint density at radius 2 is 1.71 bits per heavy atom. The first-order valence-corrected chi connectivity index (χ1v) is 9.67. The van der Waals surface area contributed by atoms with E-state index in [4.69, 9.17) is 4.74 Å². The predicted octanol–water partition coefficient (Wildman–Crippen LogP) is 1.96. The van der Waals surface area contributed by atoms with Gasteiger partial charge in [-0.15, -0.1) is 0 Å². The number of fused-ring (bicyclic) bond motifs is 3. The molecule has 0 saturated carbocycles. The van der Waals surface area contributed by atoms with Gasteiger partial charge in [-0.3, -0.25) is 18.7 Å². The molecule has 0 bridgehead atoms. The van der Waals surface area contributed by atoms with Gasteiger partial charge < -0.3 is 15.2 Å². The summed E-state index contributed by atoms with van der Waals surface area (Å²) in [6.07, 6.45) is 0. The number of benzene rings is 2. The number of aromatic nitrogens is 2. The number of ether oxygens (including phenoxy) is 1. The molecule has 1 aliphatic heterocycles. The molecule has 2 aromatic carbocycles. The van der Waals surface area contributed by atoms with Crippen LogP contribution in [0.5, 0.6) is 11.5 Å². The first-order valence-electron chi connectivity index (χ1n) is 9.67. The van der Waals surface area contributed by atoms with E-state index >= 15 is 0 Å². The van der Waals surface area contributed by atoms with Crippen molar-refractivity contribution in [2.45, 2.75) is 5.92 Å². The molecule has 3 aromatic rings. The Morgan fingerprint density at radius 3 is 2.39 bits per heavy atom. The fraction of sp³-hybridized carbons (Fsp3) is 0.174. The summed E-state index contributed by atoms with van der Waals surface area (Å²) in [4.78, 5) is 39.2. The maximum atomic E-state index is 13.4. The number of aromatic hydroxyl groups is 1. The van der Waals surface area contributed by atoms with E-state index in [9.17, 15) is 19.5 Å². The van der Waals surface area contributed by atoms with Gasteiger partial charge in [-0.25, -0.2) is 4.79 Å². The largest absolute Gasteiger partial charge is 0.504 e. The fourth-order valence-corrected chi connectivity index (χ4v) is 4.48. The zero-order valence-corrected chi connectivity index (χ0v) is 17.1. The lowest BCUT2D eigenvalue weighted by Crippen LogP contribution is -2.42. The van der Waals surface area contributed by atoms with Gasteiger partial charge in [0, 0.05) is 36.7 Å². The summed E-state index contributed by atoms with van der Waals surface area (Å²) in [5.74, 6) is -0.460. The number of carbonyl (C=O) groups excluding carboxylic acids is 1. The number of rotatable bonds is 2. The van der Waals surface area contributed by atoms with Crippen LogP contribution in [0.2, 0.25) is 0 Å². The zero-order chi connectivity index (χ0) is 22.0. The molecule has 1 aliphatic carbocycles. The lowest BCUT2D eigenvalue weighted by atomic mass is 9.81. The minimum absolute atomic E-state index is 0.105. The number of phenolic OH excluding ortho intramolecular Hbond substituents is 1. The molecule has 0 fully saturated rings. The van der Waals surface area contributed by atoms with Crippen LogP contribution < -0.4 is 21.3 Å². The summed E-state index contributed by atoms with van der Waals surface area (Å²) in [6.45, 7) is 0. The highest BCUT2D eigenvalue weighted by atomic mass is 16.5. The number of nitrogens with one attached hydrogen (secondary N) is 1. The molecule has 2 aliphatic rings. The highest BCUT2D eigenvalue weighted by Gasteiger charge is 2.42. The molecule has 0 unspecified atom stereocenters. The quantitative estimate of drug-likeness (QED) is 0.661. The second-order valence-electron chi connectivity index (χ2n) is 7.62. The summed E-state index contributed by atoms with van der Waals surface area (Å²) >= 11 is 0. The fourth-order valence-electron chi connectivity index (χ4n) is 4.48. The van der Waals surface area contributed by atoms with Crippen molar-refractivity contribution in [1.29, 1.82) is 0 Å². The Kier molecular flexibility index (Phi) is 3.95. The molecule has 2 heterocycles. The third-order valence-electron chi connectivity index (χ3n) is 6.01. The van der Waals surface area contributed by atoms with E-state index in [1.165, 1.54) is 24.8 Å². The van der Waals surface area contributed by atoms with Crippen LogP contribution >= 0.6 is 0 Å². The van der Waals surface area contributed by atoms with Crippen molar-refractivity contribution in [3.05, 3.63) is 91.1 Å². The van der Waals surface area contributed by atoms with E-state index in [2.05, 4.69) is 5.32 Å². The highest BCUT2D eigenvalue weighted by molar-refractivity contribution is 6.23. The highest BCUT2D eigenvalue weighted by Crippen LogP contribution is 2.48. The minimum Gasteiger partial charge on any atom is -0.504 e. The first-order chi connectivity index (χ1) is 14.8. The summed E-state index contributed by atoms with van der Waals surface area (Å²) in [5, 5.41) is 13.6. The molecule has 0 amide bonds. The number of phenols is 1. The molecule has 0 saturated heterocycles. The number of allylic oxidation sites excluding steroid dienone is 1. The van der Waals surface area contributed by atoms with Crippen molar-refractivity contribution in [2.75, 3.05) is 12.4 Å². The van der Waals surface area contributed by atoms with Gasteiger partial charge in [-0.1, -0.05) is 30.3 Å². The Balaban J connectivity index is 1.87. The maximum Gasteiger partial charge on any atom is 0.332 e. The molecule has 1 aromatic heterocycles. The molecule has 2 N–H and O–H groups in total. The van der Waals surface area contributed by atoms with E-state index in [-0.39, 0.29) is 22.8 Å². The van der Waals surface area contributed by atoms with Gasteiger partial charge in [0.2, 0.25) is 0 Å². The summed E-state index contributed by atoms with van der Waals surface area (Å²) in [5.41, 5.74) is 2.06. The maximum absolute atomic E-state index is 13.4. The van der Waals surface area contributed by atoms with Crippen LogP contribution in [-0.2, 0) is 14.1 Å². The number of Topliss-reactive ketones (excluding diaryl/α,β-unsaturated/α-hetero) is 1. The second-order valence-corrected chi connectivity index (χ2v) is 7.62. The monoisotopic (exact) mass is 417 g/mol. The van der Waals surface area contributed by atoms with Crippen molar-refractivity contribution >= 4 is 17.3 Å². The van der Waals surface area contributed by atoms with Crippen molar-refractivity contribution in [1.82, 2.24) is 9.13 Å². The summed E-state index contributed by atoms with van der Waals surface area (Å²) in [7, 11) is 4.42. The van der Waals surface area contributed by atoms with Crippen LogP contribution in [0.4, 0.5) is 5.82 Å². The van der Waals surface area contributed by atoms with Gasteiger partial charge in [0.15, 0.2) is 17.3 Å². The minimum atomic E-state index is -0.770. The van der Waals surface area contributed by atoms with Crippen LogP contribution in [0.1, 0.15) is 33.0 Å². The molecule has 31 heavy (non-hydrogen) atoms. The molecule has 0 spiro atoms. The summed E-state index contributed by atoms with van der Waals surface area (Å²) in [6, 6.07) is 12.0. The molecule has 8 nitrogen and oxygen atoms in total. The van der Waals surface area contributed by atoms with Crippen molar-refractivity contribution in [2.24, 2.45) is 14.1 Å². The lowest BCUT2D eigenvalue weighted by molar-refractivity contribution is 0.103. The number of methoxy groups -OCH3 is 1. The van der Waals surface area contributed by atoms with Gasteiger partial charge in [-0.2, -0.15) is 0 Å². The molecule has 0 radical (unpaired) electrons. The van der Waals surface area contributed by atoms with Crippen molar-refractivity contribution in [3.63, 3.8) is 0 Å². The Morgan fingerprint density at radius 1 is 1.00 bits per heavy atom. The Bertz CT molecular complexity index is 1440. The van der Waals surface area contributed by atoms with Crippen molar-refractivity contribution < 1.29 is 14.6 Å². The average molecular weight is 417 g/mol. The first kappa shape index (κ1) is 18.9. The number of nitrogens with zero attached hydrogens (tertiary/aromatic N) is 2. The second kappa shape index (κ2) is 6.46. The molecule has 1 atom stereocenters. The topological polar surface area (TPSA) is 103 Å². The van der Waals surface area contributed by atoms with Crippen LogP contribution in [0.15, 0.2) is 57.6 Å². The third-order valence-corrected chi connectivity index (χ3v) is 6.01. The van der Waals surface area contributed by atoms with Gasteiger partial charge in [0.1, 0.15) is 5.82 Å². The van der Waals surface area contributed by atoms with Crippen molar-refractivity contribution in [3.8, 4) is 11.5 Å². The van der Waals surface area contributed by atoms with E-state index in [1.807, 2.05) is 12.1 Å². The van der Waals surface area contributed by atoms with Crippen LogP contribution in [0, 0.1) is 0 Å².